The Morgan fingerprint density at radius 3 is 1.70 bits per heavy atom. The molecule has 0 aliphatic heterocycles. The quantitative estimate of drug-likeness (QED) is 0.231. The van der Waals surface area contributed by atoms with Crippen LogP contribution in [0.1, 0.15) is 183 Å². The highest BCUT2D eigenvalue weighted by Crippen LogP contribution is 2.67. The predicted molar refractivity (Wildman–Crippen MR) is 224 cm³/mol. The normalized spacial score (nSPS) is 50.2. The Balaban J connectivity index is 0.000000124. The van der Waals surface area contributed by atoms with E-state index in [1.165, 1.54) is 68.9 Å². The number of hydrogen-bond acceptors (Lipinski definition) is 5. The van der Waals surface area contributed by atoms with E-state index in [4.69, 9.17) is 0 Å². The van der Waals surface area contributed by atoms with Gasteiger partial charge in [0.05, 0.1) is 18.3 Å². The van der Waals surface area contributed by atoms with Gasteiger partial charge < -0.3 is 15.3 Å². The van der Waals surface area contributed by atoms with Gasteiger partial charge in [-0.25, -0.2) is 0 Å². The van der Waals surface area contributed by atoms with E-state index in [9.17, 15) is 24.9 Å². The first kappa shape index (κ1) is 41.2. The molecule has 0 aromatic carbocycles. The van der Waals surface area contributed by atoms with Gasteiger partial charge in [-0.1, -0.05) is 69.6 Å². The van der Waals surface area contributed by atoms with Crippen molar-refractivity contribution in [1.82, 2.24) is 0 Å². The number of fused-ring (bicyclic) bond motifs is 11. The summed E-state index contributed by atoms with van der Waals surface area (Å²) in [6.07, 6.45) is 31.5. The number of carbonyl (C=O) groups is 2. The Morgan fingerprint density at radius 2 is 1.09 bits per heavy atom. The number of carbonyl (C=O) groups excluding carboxylic acids is 2. The summed E-state index contributed by atoms with van der Waals surface area (Å²) in [5.41, 5.74) is 5.91. The van der Waals surface area contributed by atoms with Crippen LogP contribution in [0.3, 0.4) is 0 Å². The van der Waals surface area contributed by atoms with Crippen LogP contribution in [-0.4, -0.2) is 45.2 Å². The smallest absolute Gasteiger partial charge is 0.139 e. The maximum atomic E-state index is 12.4. The SMILES string of the molecule is CC(=O)[C@H]1CCC2C3CC=C4C[C@@H](O)CC[C@]4(C)C3CC[C@@]21C.C[C@@]12CCCC=C1C[C@@H](O)CC2.C[C@]12CC[C@H](O)CC1=CCC1C2CC[C@]2(C)C(=O)CCC12. The molecule has 15 atom stereocenters. The maximum absolute atomic E-state index is 12.4. The molecule has 0 aromatic heterocycles. The van der Waals surface area contributed by atoms with Gasteiger partial charge in [-0.2, -0.15) is 0 Å². The molecule has 10 rings (SSSR count). The molecule has 0 bridgehead atoms. The first-order valence-electron chi connectivity index (χ1n) is 23.7. The van der Waals surface area contributed by atoms with E-state index in [1.807, 2.05) is 6.92 Å². The molecule has 0 heterocycles. The summed E-state index contributed by atoms with van der Waals surface area (Å²) < 4.78 is 0. The Labute approximate surface area is 340 Å². The first-order chi connectivity index (χ1) is 26.5. The molecule has 3 N–H and O–H groups in total. The predicted octanol–water partition coefficient (Wildman–Crippen LogP) is 11.0. The minimum absolute atomic E-state index is 0.0168. The molecule has 7 fully saturated rings. The molecule has 0 spiro atoms. The number of aliphatic hydroxyl groups excluding tert-OH is 3. The van der Waals surface area contributed by atoms with Crippen molar-refractivity contribution in [3.05, 3.63) is 34.9 Å². The second-order valence-electron chi connectivity index (χ2n) is 22.6. The highest BCUT2D eigenvalue weighted by molar-refractivity contribution is 5.87. The van der Waals surface area contributed by atoms with Crippen molar-refractivity contribution in [3.63, 3.8) is 0 Å². The van der Waals surface area contributed by atoms with E-state index in [1.54, 1.807) is 5.57 Å². The minimum atomic E-state index is -0.122. The number of ketones is 2. The fourth-order valence-corrected chi connectivity index (χ4v) is 16.4. The third-order valence-corrected chi connectivity index (χ3v) is 19.9. The van der Waals surface area contributed by atoms with Gasteiger partial charge >= 0.3 is 0 Å². The lowest BCUT2D eigenvalue weighted by atomic mass is 9.47. The zero-order valence-electron chi connectivity index (χ0n) is 36.2. The number of Topliss-reactive ketones (excluding diaryl/α,β-unsaturated/α-hetero) is 2. The van der Waals surface area contributed by atoms with Crippen molar-refractivity contribution in [2.24, 2.45) is 68.5 Å². The number of aliphatic hydroxyl groups is 3. The molecule has 312 valence electrons. The molecule has 0 saturated heterocycles. The average molecular weight is 771 g/mol. The number of rotatable bonds is 1. The van der Waals surface area contributed by atoms with Crippen molar-refractivity contribution in [2.75, 3.05) is 0 Å². The van der Waals surface area contributed by atoms with Crippen molar-refractivity contribution in [2.45, 2.75) is 201 Å². The lowest BCUT2D eigenvalue weighted by molar-refractivity contribution is -0.132. The molecule has 7 saturated carbocycles. The zero-order valence-corrected chi connectivity index (χ0v) is 36.2. The molecular formula is C51H78O5. The molecule has 5 nitrogen and oxygen atoms in total. The van der Waals surface area contributed by atoms with Crippen LogP contribution in [0.5, 0.6) is 0 Å². The van der Waals surface area contributed by atoms with Crippen LogP contribution in [-0.2, 0) is 9.59 Å². The van der Waals surface area contributed by atoms with Gasteiger partial charge in [0.15, 0.2) is 0 Å². The highest BCUT2D eigenvalue weighted by Gasteiger charge is 2.60. The van der Waals surface area contributed by atoms with Crippen molar-refractivity contribution < 1.29 is 24.9 Å². The van der Waals surface area contributed by atoms with Crippen LogP contribution in [0.25, 0.3) is 0 Å². The largest absolute Gasteiger partial charge is 0.393 e. The summed E-state index contributed by atoms with van der Waals surface area (Å²) in [7, 11) is 0. The molecule has 10 aliphatic rings. The van der Waals surface area contributed by atoms with E-state index >= 15 is 0 Å². The van der Waals surface area contributed by atoms with Crippen molar-refractivity contribution >= 4 is 11.6 Å². The summed E-state index contributed by atoms with van der Waals surface area (Å²) in [4.78, 5) is 24.5. The molecule has 6 unspecified atom stereocenters. The first-order valence-corrected chi connectivity index (χ1v) is 23.7. The molecular weight excluding hydrogens is 693 g/mol. The number of hydrogen-bond donors (Lipinski definition) is 3. The van der Waals surface area contributed by atoms with Crippen LogP contribution in [0, 0.1) is 68.5 Å². The van der Waals surface area contributed by atoms with Crippen LogP contribution >= 0.6 is 0 Å². The minimum Gasteiger partial charge on any atom is -0.393 e. The number of allylic oxidation sites excluding steroid dienone is 3. The van der Waals surface area contributed by atoms with Gasteiger partial charge in [0.2, 0.25) is 0 Å². The topological polar surface area (TPSA) is 94.8 Å². The Hall–Kier alpha value is -1.56. The monoisotopic (exact) mass is 771 g/mol. The third kappa shape index (κ3) is 6.84. The van der Waals surface area contributed by atoms with Gasteiger partial charge in [0.1, 0.15) is 11.6 Å². The lowest BCUT2D eigenvalue weighted by Gasteiger charge is -2.57. The van der Waals surface area contributed by atoms with Crippen LogP contribution in [0.2, 0.25) is 0 Å². The van der Waals surface area contributed by atoms with E-state index in [0.29, 0.717) is 45.6 Å². The lowest BCUT2D eigenvalue weighted by Crippen LogP contribution is -2.50. The summed E-state index contributed by atoms with van der Waals surface area (Å²) in [5.74, 6) is 5.60. The van der Waals surface area contributed by atoms with Crippen LogP contribution in [0.15, 0.2) is 34.9 Å². The Morgan fingerprint density at radius 1 is 0.571 bits per heavy atom. The van der Waals surface area contributed by atoms with Gasteiger partial charge in [0, 0.05) is 17.8 Å². The van der Waals surface area contributed by atoms with Crippen LogP contribution in [0.4, 0.5) is 0 Å². The second-order valence-corrected chi connectivity index (χ2v) is 22.6. The van der Waals surface area contributed by atoms with E-state index in [2.05, 4.69) is 52.8 Å². The molecule has 56 heavy (non-hydrogen) atoms. The van der Waals surface area contributed by atoms with Gasteiger partial charge in [-0.3, -0.25) is 9.59 Å². The average Bonchev–Trinajstić information content (AvgIpc) is 3.68. The maximum Gasteiger partial charge on any atom is 0.139 e. The summed E-state index contributed by atoms with van der Waals surface area (Å²) >= 11 is 0. The van der Waals surface area contributed by atoms with Gasteiger partial charge in [-0.05, 0) is 199 Å². The standard InChI is InChI=1S/C21H32O2.C19H28O2.C11H18O/c1-13(22)17-6-7-18-16-5-4-14-12-15(23)8-10-20(14,2)19(16)9-11-21(17,18)3;1-18-9-7-13(20)11-12(18)3-4-14-15-5-6-17(21)19(15,2)10-8-16(14)18;1-11-6-3-2-4-9(11)8-10(12)5-7-11/h4,15-19,23H,5-12H2,1-3H3;3,13-16,20H,4-11H2,1-2H3;4,10,12H,2-3,5-8H2,1H3/t15-,16?,17+,18?,19?,20-,21+;13-,14?,15?,16?,18-,19-;10-,11-/m000/s1. The highest BCUT2D eigenvalue weighted by atomic mass is 16.3. The fourth-order valence-electron chi connectivity index (χ4n) is 16.4. The third-order valence-electron chi connectivity index (χ3n) is 19.9. The summed E-state index contributed by atoms with van der Waals surface area (Å²) in [5, 5.41) is 29.6. The Bertz CT molecular complexity index is 1620. The fraction of sp³-hybridized carbons (Fsp3) is 0.843. The van der Waals surface area contributed by atoms with Crippen molar-refractivity contribution in [1.29, 1.82) is 0 Å². The van der Waals surface area contributed by atoms with Crippen LogP contribution < -0.4 is 0 Å². The van der Waals surface area contributed by atoms with E-state index in [-0.39, 0.29) is 29.1 Å². The summed E-state index contributed by atoms with van der Waals surface area (Å²) in [6, 6.07) is 0. The molecule has 5 heteroatoms. The second kappa shape index (κ2) is 15.2. The van der Waals surface area contributed by atoms with Crippen molar-refractivity contribution in [3.8, 4) is 0 Å². The Kier molecular flexibility index (Phi) is 11.2. The molecule has 0 amide bonds. The van der Waals surface area contributed by atoms with Gasteiger partial charge in [0.25, 0.3) is 0 Å². The van der Waals surface area contributed by atoms with Gasteiger partial charge in [-0.15, -0.1) is 0 Å². The van der Waals surface area contributed by atoms with E-state index < -0.39 is 0 Å². The molecule has 10 aliphatic carbocycles. The molecule has 0 aromatic rings. The molecule has 0 radical (unpaired) electrons. The van der Waals surface area contributed by atoms with E-state index in [0.717, 1.165) is 107 Å². The summed E-state index contributed by atoms with van der Waals surface area (Å²) in [6.45, 7) is 13.8. The zero-order chi connectivity index (χ0) is 39.8.